The van der Waals surface area contributed by atoms with Crippen LogP contribution < -0.4 is 10.2 Å². The number of thiazole rings is 1. The summed E-state index contributed by atoms with van der Waals surface area (Å²) in [7, 11) is 0. The van der Waals surface area contributed by atoms with E-state index in [0.29, 0.717) is 12.2 Å². The van der Waals surface area contributed by atoms with Gasteiger partial charge in [-0.3, -0.25) is 4.79 Å². The molecule has 0 unspecified atom stereocenters. The van der Waals surface area contributed by atoms with Crippen LogP contribution in [0.2, 0.25) is 0 Å². The molecule has 0 radical (unpaired) electrons. The van der Waals surface area contributed by atoms with Crippen LogP contribution >= 0.6 is 33.9 Å². The van der Waals surface area contributed by atoms with Crippen LogP contribution in [0.4, 0.5) is 15.2 Å². The number of aromatic nitrogens is 2. The van der Waals surface area contributed by atoms with Gasteiger partial charge < -0.3 is 14.8 Å². The zero-order valence-corrected chi connectivity index (χ0v) is 19.1. The largest absolute Gasteiger partial charge is 0.348 e. The molecular formula is C21H22FIN4OS. The number of piperidine rings is 1. The normalized spacial score (nSPS) is 14.2. The maximum Gasteiger partial charge on any atom is 0.272 e. The van der Waals surface area contributed by atoms with Crippen LogP contribution in [-0.4, -0.2) is 28.5 Å². The van der Waals surface area contributed by atoms with Crippen LogP contribution in [0, 0.1) is 16.3 Å². The van der Waals surface area contributed by atoms with Gasteiger partial charge in [-0.25, -0.2) is 9.37 Å². The van der Waals surface area contributed by atoms with Crippen LogP contribution in [0.3, 0.4) is 0 Å². The molecule has 0 atom stereocenters. The molecule has 8 heteroatoms. The second kappa shape index (κ2) is 8.83. The minimum atomic E-state index is -0.439. The smallest absolute Gasteiger partial charge is 0.272 e. The minimum Gasteiger partial charge on any atom is -0.348 e. The third-order valence-electron chi connectivity index (χ3n) is 4.94. The number of anilines is 2. The highest BCUT2D eigenvalue weighted by atomic mass is 127. The Balaban J connectivity index is 1.51. The van der Waals surface area contributed by atoms with Gasteiger partial charge in [0, 0.05) is 28.2 Å². The Morgan fingerprint density at radius 1 is 1.28 bits per heavy atom. The summed E-state index contributed by atoms with van der Waals surface area (Å²) < 4.78 is 16.8. The van der Waals surface area contributed by atoms with Crippen molar-refractivity contribution in [3.63, 3.8) is 0 Å². The molecule has 0 bridgehead atoms. The van der Waals surface area contributed by atoms with Crippen molar-refractivity contribution in [2.75, 3.05) is 23.3 Å². The van der Waals surface area contributed by atoms with E-state index < -0.39 is 5.82 Å². The molecule has 152 valence electrons. The molecule has 1 aliphatic rings. The van der Waals surface area contributed by atoms with Gasteiger partial charge >= 0.3 is 0 Å². The van der Waals surface area contributed by atoms with Crippen molar-refractivity contribution in [3.05, 3.63) is 62.2 Å². The Morgan fingerprint density at radius 2 is 2.07 bits per heavy atom. The monoisotopic (exact) mass is 524 g/mol. The molecule has 0 saturated carbocycles. The second-order valence-electron chi connectivity index (χ2n) is 7.28. The van der Waals surface area contributed by atoms with Crippen molar-refractivity contribution in [2.45, 2.75) is 32.7 Å². The zero-order chi connectivity index (χ0) is 20.4. The van der Waals surface area contributed by atoms with E-state index in [-0.39, 0.29) is 11.6 Å². The summed E-state index contributed by atoms with van der Waals surface area (Å²) in [6, 6.07) is 6.57. The molecule has 1 aromatic carbocycles. The summed E-state index contributed by atoms with van der Waals surface area (Å²) in [5.41, 5.74) is 2.58. The molecule has 4 rings (SSSR count). The van der Waals surface area contributed by atoms with Gasteiger partial charge in [-0.2, -0.15) is 0 Å². The van der Waals surface area contributed by atoms with Crippen molar-refractivity contribution < 1.29 is 9.18 Å². The lowest BCUT2D eigenvalue weighted by molar-refractivity contribution is 0.101. The maximum absolute atomic E-state index is 14.1. The van der Waals surface area contributed by atoms with E-state index >= 15 is 0 Å². The highest BCUT2D eigenvalue weighted by Gasteiger charge is 2.18. The fourth-order valence-electron chi connectivity index (χ4n) is 3.53. The lowest BCUT2D eigenvalue weighted by Crippen LogP contribution is -2.29. The number of rotatable bonds is 5. The van der Waals surface area contributed by atoms with Crippen molar-refractivity contribution in [1.82, 2.24) is 9.55 Å². The van der Waals surface area contributed by atoms with Crippen molar-refractivity contribution in [3.8, 4) is 0 Å². The average Bonchev–Trinajstić information content (AvgIpc) is 3.31. The molecule has 29 heavy (non-hydrogen) atoms. The fourth-order valence-corrected chi connectivity index (χ4v) is 4.85. The molecule has 5 nitrogen and oxygen atoms in total. The van der Waals surface area contributed by atoms with E-state index in [1.54, 1.807) is 23.5 Å². The molecule has 3 heterocycles. The second-order valence-corrected chi connectivity index (χ2v) is 9.36. The van der Waals surface area contributed by atoms with Crippen LogP contribution in [0.15, 0.2) is 35.8 Å². The Labute approximate surface area is 187 Å². The number of hydrogen-bond donors (Lipinski definition) is 1. The predicted octanol–water partition coefficient (Wildman–Crippen LogP) is 5.29. The quantitative estimate of drug-likeness (QED) is 0.462. The molecule has 3 aromatic rings. The zero-order valence-electron chi connectivity index (χ0n) is 16.1. The van der Waals surface area contributed by atoms with Crippen LogP contribution in [0.5, 0.6) is 0 Å². The number of carbonyl (C=O) groups excluding carboxylic acids is 1. The first-order valence-electron chi connectivity index (χ1n) is 9.62. The molecular weight excluding hydrogens is 502 g/mol. The standard InChI is InChI=1S/C21H22FIN4OS/c1-14-9-19(20(28)25-18-6-5-15(23)10-17(18)22)27(11-14)12-16-13-29-21(24-16)26-7-3-2-4-8-26/h5-6,9-11,13H,2-4,7-8,12H2,1H3,(H,25,28). The number of nitrogens with one attached hydrogen (secondary N) is 1. The maximum atomic E-state index is 14.1. The van der Waals surface area contributed by atoms with Gasteiger partial charge in [0.2, 0.25) is 0 Å². The van der Waals surface area contributed by atoms with E-state index in [0.717, 1.165) is 33.0 Å². The predicted molar refractivity (Wildman–Crippen MR) is 124 cm³/mol. The molecule has 1 N–H and O–H groups in total. The number of amides is 1. The SMILES string of the molecule is Cc1cc(C(=O)Nc2ccc(I)cc2F)n(Cc2csc(N3CCCCC3)n2)c1. The van der Waals surface area contributed by atoms with E-state index in [1.807, 2.05) is 46.3 Å². The van der Waals surface area contributed by atoms with Gasteiger partial charge in [-0.1, -0.05) is 0 Å². The highest BCUT2D eigenvalue weighted by molar-refractivity contribution is 14.1. The van der Waals surface area contributed by atoms with E-state index in [1.165, 1.54) is 25.3 Å². The average molecular weight is 524 g/mol. The summed E-state index contributed by atoms with van der Waals surface area (Å²) in [5.74, 6) is -0.768. The summed E-state index contributed by atoms with van der Waals surface area (Å²) in [6.45, 7) is 4.57. The molecule has 1 fully saturated rings. The van der Waals surface area contributed by atoms with Gasteiger partial charge in [-0.15, -0.1) is 11.3 Å². The van der Waals surface area contributed by atoms with Gasteiger partial charge in [0.05, 0.1) is 17.9 Å². The molecule has 1 aliphatic heterocycles. The summed E-state index contributed by atoms with van der Waals surface area (Å²) in [6.07, 6.45) is 5.65. The third kappa shape index (κ3) is 4.80. The Morgan fingerprint density at radius 3 is 2.83 bits per heavy atom. The van der Waals surface area contributed by atoms with E-state index in [4.69, 9.17) is 4.98 Å². The Bertz CT molecular complexity index is 1030. The topological polar surface area (TPSA) is 50.2 Å². The van der Waals surface area contributed by atoms with Gasteiger partial charge in [0.15, 0.2) is 5.13 Å². The third-order valence-corrected chi connectivity index (χ3v) is 6.57. The van der Waals surface area contributed by atoms with Crippen LogP contribution in [0.25, 0.3) is 0 Å². The summed E-state index contributed by atoms with van der Waals surface area (Å²) in [5, 5.41) is 5.79. The highest BCUT2D eigenvalue weighted by Crippen LogP contribution is 2.25. The summed E-state index contributed by atoms with van der Waals surface area (Å²) in [4.78, 5) is 19.9. The first-order valence-corrected chi connectivity index (χ1v) is 11.6. The number of carbonyl (C=O) groups is 1. The first kappa shape index (κ1) is 20.3. The summed E-state index contributed by atoms with van der Waals surface area (Å²) >= 11 is 3.69. The number of aryl methyl sites for hydroxylation is 1. The van der Waals surface area contributed by atoms with Gasteiger partial charge in [0.1, 0.15) is 11.5 Å². The number of halogens is 2. The molecule has 1 saturated heterocycles. The lowest BCUT2D eigenvalue weighted by atomic mass is 10.1. The minimum absolute atomic E-state index is 0.182. The molecule has 0 aliphatic carbocycles. The number of nitrogens with zero attached hydrogens (tertiary/aromatic N) is 3. The Hall–Kier alpha value is -1.94. The van der Waals surface area contributed by atoms with E-state index in [9.17, 15) is 9.18 Å². The van der Waals surface area contributed by atoms with Gasteiger partial charge in [0.25, 0.3) is 5.91 Å². The first-order chi connectivity index (χ1) is 14.0. The van der Waals surface area contributed by atoms with Crippen molar-refractivity contribution >= 4 is 50.7 Å². The molecule has 1 amide bonds. The van der Waals surface area contributed by atoms with Gasteiger partial charge in [-0.05, 0) is 78.6 Å². The van der Waals surface area contributed by atoms with Crippen molar-refractivity contribution in [2.24, 2.45) is 0 Å². The van der Waals surface area contributed by atoms with Crippen molar-refractivity contribution in [1.29, 1.82) is 0 Å². The fraction of sp³-hybridized carbons (Fsp3) is 0.333. The number of benzene rings is 1. The van der Waals surface area contributed by atoms with Crippen LogP contribution in [0.1, 0.15) is 41.0 Å². The van der Waals surface area contributed by atoms with E-state index in [2.05, 4.69) is 15.6 Å². The van der Waals surface area contributed by atoms with Crippen LogP contribution in [-0.2, 0) is 6.54 Å². The number of hydrogen-bond acceptors (Lipinski definition) is 4. The Kier molecular flexibility index (Phi) is 6.19. The molecule has 0 spiro atoms. The lowest BCUT2D eigenvalue weighted by Gasteiger charge is -2.25. The molecule has 2 aromatic heterocycles.